The number of hydrogen-bond acceptors (Lipinski definition) is 2. The number of nitrogens with zero attached hydrogens (tertiary/aromatic N) is 1. The lowest BCUT2D eigenvalue weighted by molar-refractivity contribution is -0.0844. The molecule has 0 N–H and O–H groups in total. The Kier molecular flexibility index (Phi) is 5.27. The van der Waals surface area contributed by atoms with Crippen molar-refractivity contribution >= 4 is 0 Å². The lowest BCUT2D eigenvalue weighted by Crippen LogP contribution is -2.62. The maximum Gasteiger partial charge on any atom is 0.101 e. The van der Waals surface area contributed by atoms with Crippen molar-refractivity contribution < 1.29 is 4.74 Å². The molecule has 1 aliphatic heterocycles. The summed E-state index contributed by atoms with van der Waals surface area (Å²) in [5.41, 5.74) is 0.451. The van der Waals surface area contributed by atoms with Crippen LogP contribution in [0.2, 0.25) is 0 Å². The van der Waals surface area contributed by atoms with E-state index in [0.717, 1.165) is 12.8 Å². The lowest BCUT2D eigenvalue weighted by atomic mass is 9.78. The van der Waals surface area contributed by atoms with E-state index in [1.165, 1.54) is 19.4 Å². The molecule has 1 aliphatic rings. The third-order valence-corrected chi connectivity index (χ3v) is 4.06. The molecule has 106 valence electrons. The topological polar surface area (TPSA) is 12.5 Å². The molecule has 0 saturated carbocycles. The average molecular weight is 253 g/mol. The second kappa shape index (κ2) is 6.10. The molecule has 0 aromatic heterocycles. The molecule has 0 amide bonds. The molecule has 0 unspecified atom stereocenters. The van der Waals surface area contributed by atoms with Gasteiger partial charge in [-0.1, -0.05) is 19.4 Å². The largest absolute Gasteiger partial charge is 0.498 e. The Morgan fingerprint density at radius 1 is 1.17 bits per heavy atom. The van der Waals surface area contributed by atoms with Crippen LogP contribution in [0.3, 0.4) is 0 Å². The van der Waals surface area contributed by atoms with Gasteiger partial charge in [0.05, 0.1) is 6.26 Å². The zero-order valence-corrected chi connectivity index (χ0v) is 13.1. The summed E-state index contributed by atoms with van der Waals surface area (Å²) in [6.45, 7) is 14.9. The van der Waals surface area contributed by atoms with Crippen molar-refractivity contribution in [2.75, 3.05) is 6.54 Å². The predicted molar refractivity (Wildman–Crippen MR) is 78.7 cm³/mol. The van der Waals surface area contributed by atoms with Crippen LogP contribution >= 0.6 is 0 Å². The van der Waals surface area contributed by atoms with Gasteiger partial charge in [0.1, 0.15) is 6.10 Å². The lowest BCUT2D eigenvalue weighted by Gasteiger charge is -2.55. The number of allylic oxidation sites excluding steroid dienone is 1. The summed E-state index contributed by atoms with van der Waals surface area (Å²) < 4.78 is 5.85. The number of piperidine rings is 1. The van der Waals surface area contributed by atoms with E-state index in [9.17, 15) is 0 Å². The normalized spacial score (nSPS) is 24.6. The van der Waals surface area contributed by atoms with Crippen LogP contribution < -0.4 is 0 Å². The van der Waals surface area contributed by atoms with Crippen molar-refractivity contribution in [3.05, 3.63) is 12.3 Å². The fourth-order valence-electron chi connectivity index (χ4n) is 3.43. The van der Waals surface area contributed by atoms with Crippen molar-refractivity contribution in [3.63, 3.8) is 0 Å². The first kappa shape index (κ1) is 15.6. The second-order valence-electron chi connectivity index (χ2n) is 6.77. The van der Waals surface area contributed by atoms with Crippen LogP contribution in [0.1, 0.15) is 67.2 Å². The first-order chi connectivity index (χ1) is 8.33. The van der Waals surface area contributed by atoms with Crippen LogP contribution in [0.5, 0.6) is 0 Å². The van der Waals surface area contributed by atoms with E-state index in [1.54, 1.807) is 0 Å². The Labute approximate surface area is 113 Å². The minimum Gasteiger partial charge on any atom is -0.498 e. The van der Waals surface area contributed by atoms with E-state index in [-0.39, 0.29) is 11.1 Å². The maximum atomic E-state index is 5.85. The second-order valence-corrected chi connectivity index (χ2v) is 6.77. The molecule has 1 fully saturated rings. The molecule has 0 aromatic carbocycles. The number of likely N-dealkylation sites (tertiary alicyclic amines) is 1. The van der Waals surface area contributed by atoms with E-state index in [4.69, 9.17) is 4.74 Å². The number of unbranched alkanes of at least 4 members (excludes halogenated alkanes) is 1. The fraction of sp³-hybridized carbons (Fsp3) is 0.875. The quantitative estimate of drug-likeness (QED) is 0.675. The Morgan fingerprint density at radius 2 is 1.72 bits per heavy atom. The highest BCUT2D eigenvalue weighted by atomic mass is 16.5. The highest BCUT2D eigenvalue weighted by molar-refractivity contribution is 5.00. The fourth-order valence-corrected chi connectivity index (χ4v) is 3.43. The third kappa shape index (κ3) is 3.74. The van der Waals surface area contributed by atoms with Gasteiger partial charge in [0.15, 0.2) is 0 Å². The summed E-state index contributed by atoms with van der Waals surface area (Å²) in [6.07, 6.45) is 8.95. The molecular formula is C16H31NO. The maximum absolute atomic E-state index is 5.85. The molecule has 1 heterocycles. The van der Waals surface area contributed by atoms with Crippen molar-refractivity contribution in [3.8, 4) is 0 Å². The van der Waals surface area contributed by atoms with E-state index < -0.39 is 0 Å². The van der Waals surface area contributed by atoms with Crippen LogP contribution in [0.25, 0.3) is 0 Å². The first-order valence-corrected chi connectivity index (χ1v) is 7.38. The summed E-state index contributed by atoms with van der Waals surface area (Å²) in [4.78, 5) is 2.68. The molecule has 0 aliphatic carbocycles. The third-order valence-electron chi connectivity index (χ3n) is 4.06. The van der Waals surface area contributed by atoms with Crippen LogP contribution in [0.15, 0.2) is 12.3 Å². The van der Waals surface area contributed by atoms with Gasteiger partial charge < -0.3 is 4.74 Å². The SMILES string of the molecule is CC=COC1CC(C)(C)N(CCCC)C(C)(C)C1. The van der Waals surface area contributed by atoms with Crippen LogP contribution in [-0.4, -0.2) is 28.6 Å². The monoisotopic (exact) mass is 253 g/mol. The Hall–Kier alpha value is -0.500. The van der Waals surface area contributed by atoms with Gasteiger partial charge in [-0.3, -0.25) is 4.90 Å². The Bertz CT molecular complexity index is 263. The standard InChI is InChI=1S/C16H31NO/c1-7-9-10-17-15(3,4)12-14(18-11-8-2)13-16(17,5)6/h8,11,14H,7,9-10,12-13H2,1-6H3. The highest BCUT2D eigenvalue weighted by Gasteiger charge is 2.45. The average Bonchev–Trinajstić information content (AvgIpc) is 2.23. The molecule has 2 heteroatoms. The van der Waals surface area contributed by atoms with Gasteiger partial charge in [0.25, 0.3) is 0 Å². The Morgan fingerprint density at radius 3 is 2.17 bits per heavy atom. The smallest absolute Gasteiger partial charge is 0.101 e. The summed E-state index contributed by atoms with van der Waals surface area (Å²) in [6, 6.07) is 0. The predicted octanol–water partition coefficient (Wildman–Crippen LogP) is 4.36. The molecule has 0 bridgehead atoms. The van der Waals surface area contributed by atoms with E-state index in [0.29, 0.717) is 6.10 Å². The molecule has 0 atom stereocenters. The van der Waals surface area contributed by atoms with Crippen molar-refractivity contribution in [2.24, 2.45) is 0 Å². The molecule has 0 radical (unpaired) electrons. The van der Waals surface area contributed by atoms with Crippen molar-refractivity contribution in [2.45, 2.75) is 84.4 Å². The summed E-state index contributed by atoms with van der Waals surface area (Å²) in [5, 5.41) is 0. The zero-order valence-electron chi connectivity index (χ0n) is 13.1. The van der Waals surface area contributed by atoms with Crippen molar-refractivity contribution in [1.29, 1.82) is 0 Å². The molecular weight excluding hydrogens is 222 g/mol. The van der Waals surface area contributed by atoms with E-state index >= 15 is 0 Å². The zero-order chi connectivity index (χ0) is 13.8. The van der Waals surface area contributed by atoms with Gasteiger partial charge >= 0.3 is 0 Å². The Balaban J connectivity index is 2.77. The van der Waals surface area contributed by atoms with Gasteiger partial charge in [-0.2, -0.15) is 0 Å². The summed E-state index contributed by atoms with van der Waals surface area (Å²) >= 11 is 0. The van der Waals surface area contributed by atoms with Crippen LogP contribution in [-0.2, 0) is 4.74 Å². The van der Waals surface area contributed by atoms with Gasteiger partial charge in [-0.05, 0) is 47.6 Å². The number of rotatable bonds is 5. The minimum absolute atomic E-state index is 0.225. The van der Waals surface area contributed by atoms with Crippen LogP contribution in [0, 0.1) is 0 Å². The van der Waals surface area contributed by atoms with E-state index in [1.807, 2.05) is 19.3 Å². The molecule has 0 spiro atoms. The van der Waals surface area contributed by atoms with E-state index in [2.05, 4.69) is 39.5 Å². The number of ether oxygens (including phenoxy) is 1. The molecule has 2 nitrogen and oxygen atoms in total. The minimum atomic E-state index is 0.225. The summed E-state index contributed by atoms with van der Waals surface area (Å²) in [5.74, 6) is 0. The van der Waals surface area contributed by atoms with Crippen LogP contribution in [0.4, 0.5) is 0 Å². The molecule has 1 rings (SSSR count). The highest BCUT2D eigenvalue weighted by Crippen LogP contribution is 2.39. The molecule has 1 saturated heterocycles. The molecule has 18 heavy (non-hydrogen) atoms. The van der Waals surface area contributed by atoms with Crippen molar-refractivity contribution in [1.82, 2.24) is 4.90 Å². The first-order valence-electron chi connectivity index (χ1n) is 7.38. The number of hydrogen-bond donors (Lipinski definition) is 0. The summed E-state index contributed by atoms with van der Waals surface area (Å²) in [7, 11) is 0. The van der Waals surface area contributed by atoms with Gasteiger partial charge in [0, 0.05) is 23.9 Å². The van der Waals surface area contributed by atoms with Gasteiger partial charge in [-0.15, -0.1) is 0 Å². The molecule has 0 aromatic rings. The van der Waals surface area contributed by atoms with Gasteiger partial charge in [-0.25, -0.2) is 0 Å². The van der Waals surface area contributed by atoms with Gasteiger partial charge in [0.2, 0.25) is 0 Å².